The van der Waals surface area contributed by atoms with Crippen LogP contribution in [0.5, 0.6) is 0 Å². The third kappa shape index (κ3) is 3.75. The van der Waals surface area contributed by atoms with Gasteiger partial charge >= 0.3 is 6.03 Å². The van der Waals surface area contributed by atoms with Crippen LogP contribution in [0.15, 0.2) is 36.5 Å². The lowest BCUT2D eigenvalue weighted by molar-refractivity contribution is 0.150. The molecule has 0 aliphatic heterocycles. The number of anilines is 1. The number of nitrogens with zero attached hydrogens (tertiary/aromatic N) is 3. The molecule has 0 atom stereocenters. The normalized spacial score (nSPS) is 10.9. The van der Waals surface area contributed by atoms with E-state index < -0.39 is 17.5 Å². The van der Waals surface area contributed by atoms with Gasteiger partial charge in [-0.2, -0.15) is 0 Å². The minimum atomic E-state index is -2.70. The Morgan fingerprint density at radius 1 is 1.26 bits per heavy atom. The topological polar surface area (TPSA) is 79.8 Å². The van der Waals surface area contributed by atoms with Crippen molar-refractivity contribution in [2.45, 2.75) is 13.0 Å². The van der Waals surface area contributed by atoms with Crippen LogP contribution in [0.25, 0.3) is 10.9 Å². The first-order valence-corrected chi connectivity index (χ1v) is 7.43. The van der Waals surface area contributed by atoms with Crippen LogP contribution in [0.1, 0.15) is 17.0 Å². The van der Waals surface area contributed by atoms with Gasteiger partial charge in [-0.25, -0.2) is 13.6 Å². The molecule has 0 unspecified atom stereocenters. The zero-order valence-corrected chi connectivity index (χ0v) is 12.5. The minimum absolute atomic E-state index is 0.0283. The maximum atomic E-state index is 12.4. The van der Waals surface area contributed by atoms with Crippen molar-refractivity contribution in [1.82, 2.24) is 20.5 Å². The molecule has 23 heavy (non-hydrogen) atoms. The fourth-order valence-corrected chi connectivity index (χ4v) is 2.53. The molecule has 2 N–H and O–H groups in total. The number of halogens is 2. The summed E-state index contributed by atoms with van der Waals surface area (Å²) in [7, 11) is 0. The molecule has 3 rings (SSSR count). The molecule has 2 amide bonds. The van der Waals surface area contributed by atoms with Crippen LogP contribution in [-0.4, -0.2) is 21.2 Å². The van der Waals surface area contributed by atoms with Gasteiger partial charge in [0.25, 0.3) is 6.43 Å². The summed E-state index contributed by atoms with van der Waals surface area (Å²) < 4.78 is 24.8. The molecule has 0 spiro atoms. The van der Waals surface area contributed by atoms with Crippen LogP contribution in [0.2, 0.25) is 0 Å². The van der Waals surface area contributed by atoms with E-state index in [2.05, 4.69) is 25.8 Å². The van der Waals surface area contributed by atoms with Crippen LogP contribution in [0.3, 0.4) is 0 Å². The van der Waals surface area contributed by atoms with Crippen LogP contribution in [0, 0.1) is 0 Å². The summed E-state index contributed by atoms with van der Waals surface area (Å²) in [4.78, 5) is 16.0. The van der Waals surface area contributed by atoms with E-state index in [-0.39, 0.29) is 11.7 Å². The number of nitrogens with one attached hydrogen (secondary N) is 2. The van der Waals surface area contributed by atoms with E-state index in [9.17, 15) is 13.6 Å². The number of amides is 2. The number of benzene rings is 1. The standard InChI is InChI=1S/C14H11F2N5OS/c15-11(16)12-20-21-14(23-12)19-13(22)18-7-8-3-4-10-9(6-8)2-1-5-17-10/h1-6,11H,7H2,(H2,18,19,21,22). The number of carbonyl (C=O) groups is 1. The van der Waals surface area contributed by atoms with Crippen LogP contribution in [-0.2, 0) is 6.54 Å². The summed E-state index contributed by atoms with van der Waals surface area (Å²) in [6, 6.07) is 8.87. The van der Waals surface area contributed by atoms with E-state index in [4.69, 9.17) is 0 Å². The predicted molar refractivity (Wildman–Crippen MR) is 82.5 cm³/mol. The largest absolute Gasteiger partial charge is 0.334 e. The van der Waals surface area contributed by atoms with Crippen molar-refractivity contribution >= 4 is 33.4 Å². The van der Waals surface area contributed by atoms with Gasteiger partial charge in [0.15, 0.2) is 5.01 Å². The van der Waals surface area contributed by atoms with Gasteiger partial charge in [0.05, 0.1) is 5.52 Å². The number of aromatic nitrogens is 3. The molecular weight excluding hydrogens is 324 g/mol. The van der Waals surface area contributed by atoms with E-state index in [1.165, 1.54) is 0 Å². The number of carbonyl (C=O) groups excluding carboxylic acids is 1. The number of alkyl halides is 2. The van der Waals surface area contributed by atoms with E-state index in [1.54, 1.807) is 6.20 Å². The van der Waals surface area contributed by atoms with Gasteiger partial charge in [-0.05, 0) is 23.8 Å². The zero-order valence-electron chi connectivity index (χ0n) is 11.7. The SMILES string of the molecule is O=C(NCc1ccc2ncccc2c1)Nc1nnc(C(F)F)s1. The Bertz CT molecular complexity index is 839. The van der Waals surface area contributed by atoms with E-state index in [1.807, 2.05) is 30.3 Å². The lowest BCUT2D eigenvalue weighted by Crippen LogP contribution is -2.28. The molecule has 0 saturated heterocycles. The van der Waals surface area contributed by atoms with Crippen LogP contribution in [0.4, 0.5) is 18.7 Å². The summed E-state index contributed by atoms with van der Waals surface area (Å²) in [5.74, 6) is 0. The lowest BCUT2D eigenvalue weighted by Gasteiger charge is -2.06. The Kier molecular flexibility index (Phi) is 4.38. The van der Waals surface area contributed by atoms with Gasteiger partial charge in [-0.1, -0.05) is 23.5 Å². The Morgan fingerprint density at radius 3 is 2.91 bits per heavy atom. The molecular formula is C14H11F2N5OS. The van der Waals surface area contributed by atoms with Gasteiger partial charge in [0, 0.05) is 18.1 Å². The van der Waals surface area contributed by atoms with Crippen LogP contribution < -0.4 is 10.6 Å². The molecule has 2 heterocycles. The zero-order chi connectivity index (χ0) is 16.2. The summed E-state index contributed by atoms with van der Waals surface area (Å²) in [6.45, 7) is 0.289. The van der Waals surface area contributed by atoms with Gasteiger partial charge in [-0.15, -0.1) is 10.2 Å². The molecule has 9 heteroatoms. The summed E-state index contributed by atoms with van der Waals surface area (Å²) in [5.41, 5.74) is 1.76. The van der Waals surface area contributed by atoms with Gasteiger partial charge < -0.3 is 5.32 Å². The first kappa shape index (κ1) is 15.2. The Balaban J connectivity index is 1.59. The van der Waals surface area contributed by atoms with Crippen molar-refractivity contribution in [1.29, 1.82) is 0 Å². The highest BCUT2D eigenvalue weighted by molar-refractivity contribution is 7.15. The summed E-state index contributed by atoms with van der Waals surface area (Å²) >= 11 is 0.640. The molecule has 3 aromatic rings. The fraction of sp³-hybridized carbons (Fsp3) is 0.143. The summed E-state index contributed by atoms with van der Waals surface area (Å²) in [5, 5.41) is 12.3. The number of fused-ring (bicyclic) bond motifs is 1. The van der Waals surface area contributed by atoms with Crippen molar-refractivity contribution in [2.75, 3.05) is 5.32 Å². The molecule has 0 aliphatic rings. The minimum Gasteiger partial charge on any atom is -0.334 e. The second-order valence-corrected chi connectivity index (χ2v) is 5.59. The number of hydrogen-bond donors (Lipinski definition) is 2. The molecule has 0 bridgehead atoms. The highest BCUT2D eigenvalue weighted by Gasteiger charge is 2.15. The fourth-order valence-electron chi connectivity index (χ4n) is 1.93. The maximum absolute atomic E-state index is 12.4. The molecule has 118 valence electrons. The predicted octanol–water partition coefficient (Wildman–Crippen LogP) is 3.35. The third-order valence-electron chi connectivity index (χ3n) is 2.97. The quantitative estimate of drug-likeness (QED) is 0.766. The molecule has 2 aromatic heterocycles. The van der Waals surface area contributed by atoms with E-state index >= 15 is 0 Å². The van der Waals surface area contributed by atoms with Crippen molar-refractivity contribution < 1.29 is 13.6 Å². The first-order chi connectivity index (χ1) is 11.1. The van der Waals surface area contributed by atoms with Gasteiger partial charge in [-0.3, -0.25) is 10.3 Å². The van der Waals surface area contributed by atoms with Crippen LogP contribution >= 0.6 is 11.3 Å². The summed E-state index contributed by atoms with van der Waals surface area (Å²) in [6.07, 6.45) is -0.985. The van der Waals surface area contributed by atoms with E-state index in [0.29, 0.717) is 11.3 Å². The smallest absolute Gasteiger partial charge is 0.321 e. The molecule has 0 radical (unpaired) electrons. The van der Waals surface area contributed by atoms with Crippen molar-refractivity contribution in [3.63, 3.8) is 0 Å². The van der Waals surface area contributed by atoms with Gasteiger partial charge in [0.2, 0.25) is 5.13 Å². The van der Waals surface area contributed by atoms with Crippen molar-refractivity contribution in [2.24, 2.45) is 0 Å². The van der Waals surface area contributed by atoms with Crippen molar-refractivity contribution in [3.8, 4) is 0 Å². The highest BCUT2D eigenvalue weighted by atomic mass is 32.1. The molecule has 1 aromatic carbocycles. The molecule has 0 saturated carbocycles. The monoisotopic (exact) mass is 335 g/mol. The van der Waals surface area contributed by atoms with E-state index in [0.717, 1.165) is 16.5 Å². The number of rotatable bonds is 4. The second-order valence-electron chi connectivity index (χ2n) is 4.58. The Labute approximate surface area is 133 Å². The Morgan fingerprint density at radius 2 is 2.13 bits per heavy atom. The van der Waals surface area contributed by atoms with Crippen molar-refractivity contribution in [3.05, 3.63) is 47.1 Å². The molecule has 0 fully saturated rings. The average molecular weight is 335 g/mol. The maximum Gasteiger partial charge on any atom is 0.321 e. The first-order valence-electron chi connectivity index (χ1n) is 6.62. The number of urea groups is 1. The lowest BCUT2D eigenvalue weighted by atomic mass is 10.1. The Hall–Kier alpha value is -2.68. The molecule has 0 aliphatic carbocycles. The molecule has 6 nitrogen and oxygen atoms in total. The number of pyridine rings is 1. The third-order valence-corrected chi connectivity index (χ3v) is 3.81. The second kappa shape index (κ2) is 6.61. The average Bonchev–Trinajstić information content (AvgIpc) is 3.01. The van der Waals surface area contributed by atoms with Gasteiger partial charge in [0.1, 0.15) is 0 Å². The highest BCUT2D eigenvalue weighted by Crippen LogP contribution is 2.24. The number of hydrogen-bond acceptors (Lipinski definition) is 5.